The second-order valence-electron chi connectivity index (χ2n) is 8.98. The third kappa shape index (κ3) is 39.0. The maximum absolute atomic E-state index is 10.9. The molecule has 0 fully saturated rings. The maximum Gasteiger partial charge on any atom is 0.307 e. The monoisotopic (exact) mass is 630 g/mol. The molecule has 0 heterocycles. The van der Waals surface area contributed by atoms with E-state index < -0.39 is 0 Å². The summed E-state index contributed by atoms with van der Waals surface area (Å²) in [4.78, 5) is 10.9. The first-order chi connectivity index (χ1) is 21.2. The Kier molecular flexibility index (Phi) is 36.3. The van der Waals surface area contributed by atoms with Gasteiger partial charge in [0.25, 0.3) is 0 Å². The van der Waals surface area contributed by atoms with E-state index in [9.17, 15) is 4.79 Å². The molecular weight excluding hydrogens is 572 g/mol. The molecule has 0 aromatic heterocycles. The zero-order valence-electron chi connectivity index (χ0n) is 26.8. The van der Waals surface area contributed by atoms with Gasteiger partial charge in [0.15, 0.2) is 0 Å². The van der Waals surface area contributed by atoms with Crippen molar-refractivity contribution in [3.63, 3.8) is 0 Å². The second-order valence-corrected chi connectivity index (χ2v) is 8.98. The Hall–Kier alpha value is -1.01. The van der Waals surface area contributed by atoms with Gasteiger partial charge in [0.2, 0.25) is 0 Å². The molecule has 0 aromatic rings. The molecule has 0 aliphatic heterocycles. The number of carbonyl (C=O) groups is 1. The van der Waals surface area contributed by atoms with Crippen molar-refractivity contribution in [2.45, 2.75) is 26.4 Å². The van der Waals surface area contributed by atoms with Crippen LogP contribution in [0.15, 0.2) is 0 Å². The largest absolute Gasteiger partial charge is 0.469 e. The Balaban J connectivity index is 3.05. The molecule has 258 valence electrons. The Bertz CT molecular complexity index is 541. The fourth-order valence-corrected chi connectivity index (χ4v) is 2.90. The van der Waals surface area contributed by atoms with Gasteiger partial charge in [0.1, 0.15) is 0 Å². The summed E-state index contributed by atoms with van der Waals surface area (Å²) in [5.41, 5.74) is 0. The second kappa shape index (κ2) is 37.2. The Morgan fingerprint density at radius 3 is 0.791 bits per heavy atom. The van der Waals surface area contributed by atoms with Crippen LogP contribution in [0.1, 0.15) is 20.3 Å². The SMILES string of the molecule is COC(=O)CCOCCOCCOCCOCCOCCOCCOCCOCCOCCOCCOCCOC(C)C. The van der Waals surface area contributed by atoms with E-state index >= 15 is 0 Å². The van der Waals surface area contributed by atoms with E-state index in [0.29, 0.717) is 152 Å². The highest BCUT2D eigenvalue weighted by Gasteiger charge is 1.99. The normalized spacial score (nSPS) is 11.5. The molecule has 0 atom stereocenters. The molecule has 0 unspecified atom stereocenters. The molecule has 14 nitrogen and oxygen atoms in total. The summed E-state index contributed by atoms with van der Waals surface area (Å²) in [6.45, 7) is 15.5. The van der Waals surface area contributed by atoms with Gasteiger partial charge in [-0.2, -0.15) is 0 Å². The van der Waals surface area contributed by atoms with Crippen molar-refractivity contribution in [2.75, 3.05) is 159 Å². The van der Waals surface area contributed by atoms with Crippen LogP contribution in [0.3, 0.4) is 0 Å². The quantitative estimate of drug-likeness (QED) is 0.0717. The fourth-order valence-electron chi connectivity index (χ4n) is 2.90. The smallest absolute Gasteiger partial charge is 0.307 e. The molecule has 0 saturated carbocycles. The van der Waals surface area contributed by atoms with Crippen LogP contribution in [-0.2, 0) is 66.4 Å². The predicted molar refractivity (Wildman–Crippen MR) is 157 cm³/mol. The summed E-state index contributed by atoms with van der Waals surface area (Å²) in [5, 5.41) is 0. The topological polar surface area (TPSA) is 137 Å². The Labute approximate surface area is 258 Å². The average molecular weight is 631 g/mol. The number of carbonyl (C=O) groups excluding carboxylic acids is 1. The molecule has 0 aliphatic rings. The molecule has 0 radical (unpaired) electrons. The number of hydrogen-bond acceptors (Lipinski definition) is 14. The molecule has 0 bridgehead atoms. The summed E-state index contributed by atoms with van der Waals surface area (Å²) in [7, 11) is 1.35. The van der Waals surface area contributed by atoms with Gasteiger partial charge in [-0.1, -0.05) is 0 Å². The van der Waals surface area contributed by atoms with Gasteiger partial charge in [0, 0.05) is 0 Å². The highest BCUT2D eigenvalue weighted by molar-refractivity contribution is 5.69. The zero-order chi connectivity index (χ0) is 31.3. The number of ether oxygens (including phenoxy) is 13. The van der Waals surface area contributed by atoms with Gasteiger partial charge in [-0.25, -0.2) is 0 Å². The van der Waals surface area contributed by atoms with Gasteiger partial charge >= 0.3 is 5.97 Å². The minimum absolute atomic E-state index is 0.229. The van der Waals surface area contributed by atoms with E-state index in [4.69, 9.17) is 56.8 Å². The van der Waals surface area contributed by atoms with Gasteiger partial charge < -0.3 is 61.6 Å². The standard InChI is InChI=1S/C29H58O14/c1-28(2)43-27-26-42-25-24-41-23-22-40-21-20-39-19-18-38-17-16-37-15-14-36-13-12-35-11-10-34-9-8-33-7-6-32-5-4-29(30)31-3/h28H,4-27H2,1-3H3. The molecule has 14 heteroatoms. The van der Waals surface area contributed by atoms with Crippen LogP contribution in [0, 0.1) is 0 Å². The van der Waals surface area contributed by atoms with Gasteiger partial charge in [-0.3, -0.25) is 4.79 Å². The fraction of sp³-hybridized carbons (Fsp3) is 0.966. The minimum atomic E-state index is -0.285. The Morgan fingerprint density at radius 2 is 0.581 bits per heavy atom. The minimum Gasteiger partial charge on any atom is -0.469 e. The van der Waals surface area contributed by atoms with Gasteiger partial charge in [-0.15, -0.1) is 0 Å². The van der Waals surface area contributed by atoms with Crippen molar-refractivity contribution in [1.29, 1.82) is 0 Å². The molecule has 0 N–H and O–H groups in total. The molecule has 0 aliphatic carbocycles. The third-order valence-corrected chi connectivity index (χ3v) is 5.08. The van der Waals surface area contributed by atoms with Crippen molar-refractivity contribution in [2.24, 2.45) is 0 Å². The van der Waals surface area contributed by atoms with Crippen LogP contribution in [0.25, 0.3) is 0 Å². The van der Waals surface area contributed by atoms with Gasteiger partial charge in [-0.05, 0) is 13.8 Å². The first kappa shape index (κ1) is 42.0. The lowest BCUT2D eigenvalue weighted by Crippen LogP contribution is -2.15. The van der Waals surface area contributed by atoms with E-state index in [1.807, 2.05) is 13.8 Å². The van der Waals surface area contributed by atoms with Crippen LogP contribution in [-0.4, -0.2) is 171 Å². The highest BCUT2D eigenvalue weighted by Crippen LogP contribution is 1.90. The molecule has 0 saturated heterocycles. The molecular formula is C29H58O14. The summed E-state index contributed by atoms with van der Waals surface area (Å²) < 4.78 is 69.5. The van der Waals surface area contributed by atoms with E-state index in [0.717, 1.165) is 0 Å². The number of esters is 1. The van der Waals surface area contributed by atoms with E-state index in [2.05, 4.69) is 4.74 Å². The maximum atomic E-state index is 10.9. The highest BCUT2D eigenvalue weighted by atomic mass is 16.6. The molecule has 0 amide bonds. The number of hydrogen-bond donors (Lipinski definition) is 0. The number of methoxy groups -OCH3 is 1. The molecule has 43 heavy (non-hydrogen) atoms. The van der Waals surface area contributed by atoms with Crippen molar-refractivity contribution in [1.82, 2.24) is 0 Å². The van der Waals surface area contributed by atoms with Crippen molar-refractivity contribution in [3.8, 4) is 0 Å². The summed E-state index contributed by atoms with van der Waals surface area (Å²) in [6.07, 6.45) is 0.474. The van der Waals surface area contributed by atoms with Crippen molar-refractivity contribution >= 4 is 5.97 Å². The lowest BCUT2D eigenvalue weighted by atomic mass is 10.5. The third-order valence-electron chi connectivity index (χ3n) is 5.08. The van der Waals surface area contributed by atoms with E-state index in [-0.39, 0.29) is 18.5 Å². The Morgan fingerprint density at radius 1 is 0.372 bits per heavy atom. The molecule has 0 rings (SSSR count). The average Bonchev–Trinajstić information content (AvgIpc) is 3.00. The van der Waals surface area contributed by atoms with Crippen LogP contribution < -0.4 is 0 Å². The summed E-state index contributed by atoms with van der Waals surface area (Å²) in [5.74, 6) is -0.285. The lowest BCUT2D eigenvalue weighted by Gasteiger charge is -2.09. The van der Waals surface area contributed by atoms with E-state index in [1.165, 1.54) is 7.11 Å². The predicted octanol–water partition coefficient (Wildman–Crippen LogP) is 1.16. The lowest BCUT2D eigenvalue weighted by molar-refractivity contribution is -0.141. The summed E-state index contributed by atoms with van der Waals surface area (Å²) in [6, 6.07) is 0. The van der Waals surface area contributed by atoms with Gasteiger partial charge in [0.05, 0.1) is 172 Å². The summed E-state index contributed by atoms with van der Waals surface area (Å²) >= 11 is 0. The van der Waals surface area contributed by atoms with Crippen molar-refractivity contribution in [3.05, 3.63) is 0 Å². The van der Waals surface area contributed by atoms with Crippen LogP contribution in [0.2, 0.25) is 0 Å². The van der Waals surface area contributed by atoms with Crippen LogP contribution >= 0.6 is 0 Å². The first-order valence-electron chi connectivity index (χ1n) is 15.2. The van der Waals surface area contributed by atoms with Crippen LogP contribution in [0.5, 0.6) is 0 Å². The molecule has 0 aromatic carbocycles. The zero-order valence-corrected chi connectivity index (χ0v) is 26.8. The molecule has 0 spiro atoms. The van der Waals surface area contributed by atoms with E-state index in [1.54, 1.807) is 0 Å². The van der Waals surface area contributed by atoms with Crippen molar-refractivity contribution < 1.29 is 66.4 Å². The number of rotatable bonds is 37. The first-order valence-corrected chi connectivity index (χ1v) is 15.2. The van der Waals surface area contributed by atoms with Crippen LogP contribution in [0.4, 0.5) is 0 Å².